The third-order valence-electron chi connectivity index (χ3n) is 6.36. The molecule has 3 amide bonds. The second-order valence-corrected chi connectivity index (χ2v) is 10.9. The molecule has 11 nitrogen and oxygen atoms in total. The fourth-order valence-corrected chi connectivity index (χ4v) is 4.38. The first-order valence-corrected chi connectivity index (χ1v) is 13.6. The van der Waals surface area contributed by atoms with Gasteiger partial charge in [0, 0.05) is 23.4 Å². The molecule has 0 spiro atoms. The number of carboxylic acids is 2. The molecular formula is C32H35N3O8. The van der Waals surface area contributed by atoms with Gasteiger partial charge in [0.05, 0.1) is 5.56 Å². The number of fused-ring (bicyclic) bond motifs is 1. The van der Waals surface area contributed by atoms with E-state index in [9.17, 15) is 29.1 Å². The Balaban J connectivity index is 0.000000347. The molecule has 0 atom stereocenters. The SMILES string of the molecule is CC(C)(C)OC(=O)NCc1cccc(C(=O)N(CC(=O)O)c2ccc(C(=O)O)cc2)c1.NC(=O)c1ccc2c(c1)CCC2. The number of nitrogens with zero attached hydrogens (tertiary/aromatic N) is 1. The number of aromatic carboxylic acids is 1. The van der Waals surface area contributed by atoms with Gasteiger partial charge in [0.15, 0.2) is 0 Å². The number of aryl methyl sites for hydroxylation is 2. The van der Waals surface area contributed by atoms with E-state index in [2.05, 4.69) is 5.32 Å². The van der Waals surface area contributed by atoms with Gasteiger partial charge in [-0.3, -0.25) is 19.3 Å². The molecule has 0 saturated carbocycles. The first-order valence-electron chi connectivity index (χ1n) is 13.6. The van der Waals surface area contributed by atoms with Crippen LogP contribution in [-0.4, -0.2) is 52.2 Å². The predicted molar refractivity (Wildman–Crippen MR) is 159 cm³/mol. The van der Waals surface area contributed by atoms with Crippen LogP contribution >= 0.6 is 0 Å². The molecule has 0 heterocycles. The van der Waals surface area contributed by atoms with Crippen LogP contribution in [-0.2, 0) is 28.9 Å². The Labute approximate surface area is 249 Å². The number of rotatable bonds is 8. The number of benzene rings is 3. The highest BCUT2D eigenvalue weighted by Gasteiger charge is 2.22. The summed E-state index contributed by atoms with van der Waals surface area (Å²) in [5.74, 6) is -3.26. The summed E-state index contributed by atoms with van der Waals surface area (Å²) in [6, 6.07) is 17.5. The second-order valence-electron chi connectivity index (χ2n) is 10.9. The molecule has 0 saturated heterocycles. The molecule has 4 rings (SSSR count). The quantitative estimate of drug-likeness (QED) is 0.298. The fraction of sp³-hybridized carbons (Fsp3) is 0.281. The van der Waals surface area contributed by atoms with E-state index in [4.69, 9.17) is 15.6 Å². The van der Waals surface area contributed by atoms with Crippen LogP contribution in [0.1, 0.15) is 75.0 Å². The Morgan fingerprint density at radius 3 is 2.12 bits per heavy atom. The number of aliphatic carboxylic acids is 1. The number of hydrogen-bond donors (Lipinski definition) is 4. The minimum absolute atomic E-state index is 0.0155. The van der Waals surface area contributed by atoms with Gasteiger partial charge in [-0.05, 0) is 105 Å². The first-order chi connectivity index (χ1) is 20.2. The Bertz CT molecular complexity index is 1510. The maximum atomic E-state index is 13.0. The maximum absolute atomic E-state index is 13.0. The van der Waals surface area contributed by atoms with Crippen molar-refractivity contribution in [3.8, 4) is 0 Å². The van der Waals surface area contributed by atoms with Gasteiger partial charge < -0.3 is 26.0 Å². The summed E-state index contributed by atoms with van der Waals surface area (Å²) in [6.07, 6.45) is 2.85. The van der Waals surface area contributed by atoms with Crippen molar-refractivity contribution in [3.63, 3.8) is 0 Å². The molecule has 11 heteroatoms. The fourth-order valence-electron chi connectivity index (χ4n) is 4.38. The van der Waals surface area contributed by atoms with Crippen LogP contribution in [0.2, 0.25) is 0 Å². The van der Waals surface area contributed by atoms with Crippen molar-refractivity contribution in [2.45, 2.75) is 52.2 Å². The molecule has 0 aromatic heterocycles. The molecule has 0 fully saturated rings. The number of nitrogens with two attached hydrogens (primary N) is 1. The summed E-state index contributed by atoms with van der Waals surface area (Å²) in [4.78, 5) is 59.0. The van der Waals surface area contributed by atoms with E-state index in [1.165, 1.54) is 47.9 Å². The summed E-state index contributed by atoms with van der Waals surface area (Å²) < 4.78 is 5.17. The van der Waals surface area contributed by atoms with Crippen LogP contribution in [0.4, 0.5) is 10.5 Å². The molecule has 0 unspecified atom stereocenters. The lowest BCUT2D eigenvalue weighted by atomic mass is 10.1. The summed E-state index contributed by atoms with van der Waals surface area (Å²) >= 11 is 0. The Kier molecular flexibility index (Phi) is 10.6. The Hall–Kier alpha value is -5.19. The van der Waals surface area contributed by atoms with Crippen LogP contribution < -0.4 is 16.0 Å². The molecule has 5 N–H and O–H groups in total. The van der Waals surface area contributed by atoms with Crippen molar-refractivity contribution >= 4 is 35.5 Å². The zero-order valence-corrected chi connectivity index (χ0v) is 24.3. The van der Waals surface area contributed by atoms with Gasteiger partial charge in [0.2, 0.25) is 5.91 Å². The third kappa shape index (κ3) is 9.70. The van der Waals surface area contributed by atoms with Crippen molar-refractivity contribution < 1.29 is 38.9 Å². The van der Waals surface area contributed by atoms with Gasteiger partial charge in [0.1, 0.15) is 12.1 Å². The lowest BCUT2D eigenvalue weighted by molar-refractivity contribution is -0.135. The smallest absolute Gasteiger partial charge is 0.407 e. The van der Waals surface area contributed by atoms with Crippen LogP contribution in [0.3, 0.4) is 0 Å². The number of carbonyl (C=O) groups excluding carboxylic acids is 3. The number of ether oxygens (including phenoxy) is 1. The number of amides is 3. The summed E-state index contributed by atoms with van der Waals surface area (Å²) in [5.41, 5.74) is 8.93. The van der Waals surface area contributed by atoms with Gasteiger partial charge in [-0.2, -0.15) is 0 Å². The molecule has 1 aliphatic rings. The average Bonchev–Trinajstić information content (AvgIpc) is 3.42. The van der Waals surface area contributed by atoms with Crippen molar-refractivity contribution in [2.24, 2.45) is 5.73 Å². The zero-order valence-electron chi connectivity index (χ0n) is 24.3. The van der Waals surface area contributed by atoms with E-state index in [0.717, 1.165) is 17.7 Å². The molecule has 0 radical (unpaired) electrons. The Morgan fingerprint density at radius 1 is 0.860 bits per heavy atom. The monoisotopic (exact) mass is 589 g/mol. The minimum atomic E-state index is -1.22. The van der Waals surface area contributed by atoms with Gasteiger partial charge in [-0.15, -0.1) is 0 Å². The topological polar surface area (TPSA) is 176 Å². The zero-order chi connectivity index (χ0) is 31.7. The number of primary amides is 1. The highest BCUT2D eigenvalue weighted by molar-refractivity contribution is 6.08. The van der Waals surface area contributed by atoms with E-state index < -0.39 is 36.1 Å². The molecule has 0 bridgehead atoms. The highest BCUT2D eigenvalue weighted by Crippen LogP contribution is 2.22. The van der Waals surface area contributed by atoms with Gasteiger partial charge in [-0.1, -0.05) is 18.2 Å². The van der Waals surface area contributed by atoms with Gasteiger partial charge in [-0.25, -0.2) is 9.59 Å². The van der Waals surface area contributed by atoms with Gasteiger partial charge in [0.25, 0.3) is 5.91 Å². The second kappa shape index (κ2) is 14.1. The van der Waals surface area contributed by atoms with Crippen molar-refractivity contribution in [1.82, 2.24) is 5.32 Å². The standard InChI is InChI=1S/C22H24N2O7.C10H11NO/c1-22(2,3)31-21(30)23-12-14-5-4-6-16(11-14)19(27)24(13-18(25)26)17-9-7-15(8-10-17)20(28)29;11-10(12)9-5-4-7-2-1-3-8(7)6-9/h4-11H,12-13H2,1-3H3,(H,23,30)(H,25,26)(H,28,29);4-6H,1-3H2,(H2,11,12). The van der Waals surface area contributed by atoms with Crippen molar-refractivity contribution in [1.29, 1.82) is 0 Å². The van der Waals surface area contributed by atoms with E-state index in [0.29, 0.717) is 11.1 Å². The molecule has 226 valence electrons. The van der Waals surface area contributed by atoms with Crippen LogP contribution in [0.15, 0.2) is 66.7 Å². The van der Waals surface area contributed by atoms with E-state index in [-0.39, 0.29) is 29.3 Å². The van der Waals surface area contributed by atoms with E-state index in [1.54, 1.807) is 39.0 Å². The Morgan fingerprint density at radius 2 is 1.51 bits per heavy atom. The number of carbonyl (C=O) groups is 5. The lowest BCUT2D eigenvalue weighted by Gasteiger charge is -2.22. The summed E-state index contributed by atoms with van der Waals surface area (Å²) in [7, 11) is 0. The normalized spacial score (nSPS) is 11.8. The first kappa shape index (κ1) is 32.3. The number of nitrogens with one attached hydrogen (secondary N) is 1. The van der Waals surface area contributed by atoms with Crippen LogP contribution in [0, 0.1) is 0 Å². The van der Waals surface area contributed by atoms with Crippen molar-refractivity contribution in [3.05, 3.63) is 100 Å². The maximum Gasteiger partial charge on any atom is 0.407 e. The van der Waals surface area contributed by atoms with Crippen LogP contribution in [0.5, 0.6) is 0 Å². The third-order valence-corrected chi connectivity index (χ3v) is 6.36. The van der Waals surface area contributed by atoms with Gasteiger partial charge >= 0.3 is 18.0 Å². The number of hydrogen-bond acceptors (Lipinski definition) is 6. The molecule has 1 aliphatic carbocycles. The molecule has 0 aliphatic heterocycles. The summed E-state index contributed by atoms with van der Waals surface area (Å²) in [6.45, 7) is 4.73. The highest BCUT2D eigenvalue weighted by atomic mass is 16.6. The molecular weight excluding hydrogens is 554 g/mol. The van der Waals surface area contributed by atoms with E-state index in [1.807, 2.05) is 18.2 Å². The minimum Gasteiger partial charge on any atom is -0.480 e. The predicted octanol–water partition coefficient (Wildman–Crippen LogP) is 4.42. The molecule has 3 aromatic carbocycles. The largest absolute Gasteiger partial charge is 0.480 e. The van der Waals surface area contributed by atoms with Crippen LogP contribution in [0.25, 0.3) is 0 Å². The number of alkyl carbamates (subject to hydrolysis) is 1. The number of carboxylic acid groups (broad SMARTS) is 2. The van der Waals surface area contributed by atoms with E-state index >= 15 is 0 Å². The average molecular weight is 590 g/mol. The summed E-state index contributed by atoms with van der Waals surface area (Å²) in [5, 5.41) is 20.8. The number of anilines is 1. The molecule has 43 heavy (non-hydrogen) atoms. The van der Waals surface area contributed by atoms with Crippen molar-refractivity contribution in [2.75, 3.05) is 11.4 Å². The lowest BCUT2D eigenvalue weighted by Crippen LogP contribution is -2.36. The molecule has 3 aromatic rings.